The summed E-state index contributed by atoms with van der Waals surface area (Å²) in [5, 5.41) is 5.25. The minimum absolute atomic E-state index is 0.104. The summed E-state index contributed by atoms with van der Waals surface area (Å²) >= 11 is 3.31. The minimum atomic E-state index is -1.26. The molecular weight excluding hydrogens is 539 g/mol. The van der Waals surface area contributed by atoms with E-state index < -0.39 is 48.3 Å². The Hall–Kier alpha value is -3.06. The Bertz CT molecular complexity index is 970. The van der Waals surface area contributed by atoms with E-state index in [1.165, 1.54) is 4.90 Å². The summed E-state index contributed by atoms with van der Waals surface area (Å²) in [4.78, 5) is 56.1. The van der Waals surface area contributed by atoms with Crippen molar-refractivity contribution < 1.29 is 28.3 Å². The van der Waals surface area contributed by atoms with Gasteiger partial charge in [0, 0.05) is 16.6 Å². The number of aliphatic imine (C=N–C) groups is 1. The molecule has 0 saturated carbocycles. The average Bonchev–Trinajstić information content (AvgIpc) is 3.33. The molecule has 3 amide bonds. The van der Waals surface area contributed by atoms with E-state index in [1.54, 1.807) is 38.1 Å². The summed E-state index contributed by atoms with van der Waals surface area (Å²) in [7, 11) is 0. The fourth-order valence-corrected chi connectivity index (χ4v) is 3.84. The van der Waals surface area contributed by atoms with Gasteiger partial charge in [-0.2, -0.15) is 0 Å². The van der Waals surface area contributed by atoms with Crippen LogP contribution in [0.5, 0.6) is 0 Å². The van der Waals surface area contributed by atoms with Crippen LogP contribution < -0.4 is 22.1 Å². The highest BCUT2D eigenvalue weighted by molar-refractivity contribution is 9.10. The Morgan fingerprint density at radius 1 is 1.19 bits per heavy atom. The van der Waals surface area contributed by atoms with Gasteiger partial charge in [0.1, 0.15) is 25.5 Å². The van der Waals surface area contributed by atoms with Gasteiger partial charge in [-0.25, -0.2) is 4.39 Å². The van der Waals surface area contributed by atoms with Crippen LogP contribution in [0.15, 0.2) is 33.7 Å². The molecule has 0 aromatic heterocycles. The number of ether oxygens (including phenoxy) is 1. The molecule has 1 heterocycles. The van der Waals surface area contributed by atoms with E-state index in [1.807, 2.05) is 0 Å². The number of hydrogen-bond acceptors (Lipinski definition) is 6. The summed E-state index contributed by atoms with van der Waals surface area (Å²) in [6, 6.07) is 3.58. The molecule has 1 aromatic rings. The van der Waals surface area contributed by atoms with Crippen LogP contribution in [0.3, 0.4) is 0 Å². The first-order chi connectivity index (χ1) is 17.0. The number of guanidine groups is 1. The zero-order chi connectivity index (χ0) is 26.8. The zero-order valence-corrected chi connectivity index (χ0v) is 21.8. The van der Waals surface area contributed by atoms with E-state index in [4.69, 9.17) is 16.2 Å². The summed E-state index contributed by atoms with van der Waals surface area (Å²) in [6.45, 7) is 2.22. The Balaban J connectivity index is 2.09. The van der Waals surface area contributed by atoms with Crippen molar-refractivity contribution in [2.45, 2.75) is 44.8 Å². The number of amides is 3. The van der Waals surface area contributed by atoms with Gasteiger partial charge in [0.25, 0.3) is 5.91 Å². The van der Waals surface area contributed by atoms with Crippen molar-refractivity contribution in [2.24, 2.45) is 22.4 Å². The zero-order valence-electron chi connectivity index (χ0n) is 20.2. The summed E-state index contributed by atoms with van der Waals surface area (Å²) in [5.74, 6) is -2.81. The molecule has 1 aromatic carbocycles. The monoisotopic (exact) mass is 570 g/mol. The summed E-state index contributed by atoms with van der Waals surface area (Å²) in [5.41, 5.74) is 10.9. The van der Waals surface area contributed by atoms with Gasteiger partial charge in [0.2, 0.25) is 11.8 Å². The molecule has 6 N–H and O–H groups in total. The molecule has 2 rings (SSSR count). The lowest BCUT2D eigenvalue weighted by Gasteiger charge is -2.30. The first-order valence-corrected chi connectivity index (χ1v) is 12.2. The van der Waals surface area contributed by atoms with E-state index in [9.17, 15) is 23.6 Å². The molecular formula is C23H32BrFN6O5. The number of carbonyl (C=O) groups is 4. The normalized spacial score (nSPS) is 16.8. The summed E-state index contributed by atoms with van der Waals surface area (Å²) in [6.07, 6.45) is 0.445. The lowest BCUT2D eigenvalue weighted by molar-refractivity contribution is -0.141. The Morgan fingerprint density at radius 3 is 2.44 bits per heavy atom. The van der Waals surface area contributed by atoms with Gasteiger partial charge in [-0.05, 0) is 43.0 Å². The number of hydrogen-bond donors (Lipinski definition) is 4. The first kappa shape index (κ1) is 29.2. The number of nitrogens with one attached hydrogen (secondary N) is 2. The molecule has 0 aliphatic carbocycles. The molecule has 1 aliphatic heterocycles. The topological polar surface area (TPSA) is 169 Å². The van der Waals surface area contributed by atoms with Crippen molar-refractivity contribution in [3.05, 3.63) is 34.3 Å². The van der Waals surface area contributed by atoms with Gasteiger partial charge >= 0.3 is 0 Å². The highest BCUT2D eigenvalue weighted by Gasteiger charge is 2.40. The third-order valence-corrected chi connectivity index (χ3v) is 6.10. The van der Waals surface area contributed by atoms with Gasteiger partial charge in [-0.1, -0.05) is 29.8 Å². The maximum Gasteiger partial charge on any atom is 0.251 e. The average molecular weight is 571 g/mol. The number of nitrogens with two attached hydrogens (primary N) is 2. The largest absolute Gasteiger partial charge is 0.370 e. The number of rotatable bonds is 12. The highest BCUT2D eigenvalue weighted by Crippen LogP contribution is 2.17. The van der Waals surface area contributed by atoms with Crippen molar-refractivity contribution >= 4 is 45.4 Å². The second-order valence-electron chi connectivity index (χ2n) is 8.64. The second kappa shape index (κ2) is 13.9. The van der Waals surface area contributed by atoms with Crippen molar-refractivity contribution in [1.29, 1.82) is 0 Å². The van der Waals surface area contributed by atoms with Gasteiger partial charge in [-0.15, -0.1) is 0 Å². The number of carbonyl (C=O) groups excluding carboxylic acids is 4. The lowest BCUT2D eigenvalue weighted by Crippen LogP contribution is -2.57. The van der Waals surface area contributed by atoms with Crippen molar-refractivity contribution in [1.82, 2.24) is 15.5 Å². The van der Waals surface area contributed by atoms with Crippen molar-refractivity contribution in [2.75, 3.05) is 26.6 Å². The number of alkyl halides is 1. The third-order valence-electron chi connectivity index (χ3n) is 5.58. The van der Waals surface area contributed by atoms with E-state index in [0.717, 1.165) is 4.47 Å². The SMILES string of the molecule is CC(C)[C@H](NC(=O)c1ccc(Br)cc1)C(=O)N1COC[C@H]1C(=O)N[C@@H](CCCN=C(N)N)C(=O)CF. The van der Waals surface area contributed by atoms with Crippen molar-refractivity contribution in [3.63, 3.8) is 0 Å². The minimum Gasteiger partial charge on any atom is -0.370 e. The molecule has 1 saturated heterocycles. The number of ketones is 1. The Kier molecular flexibility index (Phi) is 11.2. The molecule has 0 bridgehead atoms. The molecule has 0 unspecified atom stereocenters. The predicted octanol–water partition coefficient (Wildman–Crippen LogP) is 0.465. The summed E-state index contributed by atoms with van der Waals surface area (Å²) < 4.78 is 19.2. The molecule has 0 radical (unpaired) electrons. The van der Waals surface area contributed by atoms with Crippen LogP contribution in [0.4, 0.5) is 4.39 Å². The smallest absolute Gasteiger partial charge is 0.251 e. The molecule has 1 aliphatic rings. The Labute approximate surface area is 217 Å². The quantitative estimate of drug-likeness (QED) is 0.161. The van der Waals surface area contributed by atoms with Crippen LogP contribution in [-0.4, -0.2) is 79.0 Å². The van der Waals surface area contributed by atoms with E-state index in [0.29, 0.717) is 12.0 Å². The van der Waals surface area contributed by atoms with E-state index in [2.05, 4.69) is 31.6 Å². The van der Waals surface area contributed by atoms with Gasteiger partial charge in [-0.3, -0.25) is 24.2 Å². The van der Waals surface area contributed by atoms with Crippen LogP contribution in [0.1, 0.15) is 37.0 Å². The van der Waals surface area contributed by atoms with E-state index in [-0.39, 0.29) is 38.2 Å². The molecule has 13 heteroatoms. The van der Waals surface area contributed by atoms with Crippen LogP contribution in [0.25, 0.3) is 0 Å². The number of Topliss-reactive ketones (excluding diaryl/α,β-unsaturated/α-hetero) is 1. The molecule has 0 spiro atoms. The molecule has 11 nitrogen and oxygen atoms in total. The van der Waals surface area contributed by atoms with Crippen LogP contribution in [0, 0.1) is 5.92 Å². The van der Waals surface area contributed by atoms with Gasteiger partial charge < -0.3 is 31.7 Å². The van der Waals surface area contributed by atoms with Crippen LogP contribution >= 0.6 is 15.9 Å². The third kappa shape index (κ3) is 8.26. The van der Waals surface area contributed by atoms with Crippen LogP contribution in [-0.2, 0) is 19.1 Å². The fourth-order valence-electron chi connectivity index (χ4n) is 3.57. The van der Waals surface area contributed by atoms with Gasteiger partial charge in [0.15, 0.2) is 11.7 Å². The number of benzene rings is 1. The number of halogens is 2. The molecule has 36 heavy (non-hydrogen) atoms. The Morgan fingerprint density at radius 2 is 1.86 bits per heavy atom. The maximum absolute atomic E-state index is 13.4. The maximum atomic E-state index is 13.4. The molecule has 198 valence electrons. The number of nitrogens with zero attached hydrogens (tertiary/aromatic N) is 2. The standard InChI is InChI=1S/C23H32BrFN6O5/c1-13(2)19(30-20(33)14-5-7-15(24)8-6-14)22(35)31-12-36-11-17(31)21(34)29-16(18(32)10-25)4-3-9-28-23(26)27/h5-8,13,16-17,19H,3-4,9-12H2,1-2H3,(H,29,34)(H,30,33)(H4,26,27,28)/t16-,17-,19-/m0/s1. The van der Waals surface area contributed by atoms with Gasteiger partial charge in [0.05, 0.1) is 12.6 Å². The predicted molar refractivity (Wildman–Crippen MR) is 135 cm³/mol. The fraction of sp³-hybridized carbons (Fsp3) is 0.522. The molecule has 3 atom stereocenters. The first-order valence-electron chi connectivity index (χ1n) is 11.4. The van der Waals surface area contributed by atoms with Crippen molar-refractivity contribution in [3.8, 4) is 0 Å². The highest BCUT2D eigenvalue weighted by atomic mass is 79.9. The van der Waals surface area contributed by atoms with Crippen LogP contribution in [0.2, 0.25) is 0 Å². The molecule has 1 fully saturated rings. The van der Waals surface area contributed by atoms with E-state index >= 15 is 0 Å². The second-order valence-corrected chi connectivity index (χ2v) is 9.55. The lowest BCUT2D eigenvalue weighted by atomic mass is 10.0.